The van der Waals surface area contributed by atoms with Gasteiger partial charge in [-0.2, -0.15) is 0 Å². The summed E-state index contributed by atoms with van der Waals surface area (Å²) in [6.07, 6.45) is 0. The largest absolute Gasteiger partial charge is 0.456 e. The van der Waals surface area contributed by atoms with E-state index in [9.17, 15) is 0 Å². The molecule has 55 heavy (non-hydrogen) atoms. The van der Waals surface area contributed by atoms with E-state index in [1.165, 1.54) is 43.7 Å². The van der Waals surface area contributed by atoms with Crippen LogP contribution in [-0.4, -0.2) is 4.57 Å². The number of hydrogen-bond acceptors (Lipinski definition) is 2. The van der Waals surface area contributed by atoms with Crippen molar-refractivity contribution in [1.82, 2.24) is 4.57 Å². The first-order chi connectivity index (χ1) is 27.3. The van der Waals surface area contributed by atoms with Gasteiger partial charge in [0.15, 0.2) is 0 Å². The molecule has 0 aliphatic carbocycles. The van der Waals surface area contributed by atoms with Gasteiger partial charge in [-0.05, 0) is 100 Å². The van der Waals surface area contributed by atoms with Crippen molar-refractivity contribution in [3.63, 3.8) is 0 Å². The van der Waals surface area contributed by atoms with Crippen LogP contribution in [0.15, 0.2) is 211 Å². The zero-order valence-corrected chi connectivity index (χ0v) is 29.9. The Morgan fingerprint density at radius 1 is 0.364 bits per heavy atom. The van der Waals surface area contributed by atoms with E-state index >= 15 is 0 Å². The van der Waals surface area contributed by atoms with Gasteiger partial charge in [0.2, 0.25) is 0 Å². The van der Waals surface area contributed by atoms with Crippen LogP contribution in [-0.2, 0) is 0 Å². The Kier molecular flexibility index (Phi) is 7.17. The minimum atomic E-state index is 0.883. The molecule has 0 N–H and O–H groups in total. The Labute approximate surface area is 318 Å². The fourth-order valence-corrected chi connectivity index (χ4v) is 8.47. The summed E-state index contributed by atoms with van der Waals surface area (Å²) < 4.78 is 8.75. The predicted octanol–water partition coefficient (Wildman–Crippen LogP) is 14.6. The lowest BCUT2D eigenvalue weighted by Gasteiger charge is -2.28. The number of benzene rings is 9. The van der Waals surface area contributed by atoms with Gasteiger partial charge in [-0.15, -0.1) is 0 Å². The summed E-state index contributed by atoms with van der Waals surface area (Å²) >= 11 is 0. The fraction of sp³-hybridized carbons (Fsp3) is 0. The van der Waals surface area contributed by atoms with Crippen LogP contribution >= 0.6 is 0 Å². The highest BCUT2D eigenvalue weighted by Gasteiger charge is 2.20. The monoisotopic (exact) mass is 702 g/mol. The second-order valence-corrected chi connectivity index (χ2v) is 14.1. The normalized spacial score (nSPS) is 11.6. The summed E-state index contributed by atoms with van der Waals surface area (Å²) in [5.41, 5.74) is 13.1. The Hall–Kier alpha value is -7.36. The summed E-state index contributed by atoms with van der Waals surface area (Å²) in [5, 5.41) is 7.23. The van der Waals surface area contributed by atoms with Crippen LogP contribution in [0.5, 0.6) is 0 Å². The molecule has 11 rings (SSSR count). The molecule has 11 aromatic rings. The highest BCUT2D eigenvalue weighted by molar-refractivity contribution is 6.09. The number of fused-ring (bicyclic) bond motifs is 7. The SMILES string of the molecule is c1cc(-c2cccc3ccccc23)cc(N(c2ccc(-n3c4ccccc4c4ccccc43)cc2)c2ccccc2-c2ccc3c(c2)oc2ccccc23)c1. The van der Waals surface area contributed by atoms with Crippen LogP contribution in [0.1, 0.15) is 0 Å². The molecule has 0 aliphatic heterocycles. The smallest absolute Gasteiger partial charge is 0.136 e. The van der Waals surface area contributed by atoms with E-state index in [4.69, 9.17) is 4.42 Å². The maximum Gasteiger partial charge on any atom is 0.136 e. The predicted molar refractivity (Wildman–Crippen MR) is 231 cm³/mol. The number of rotatable bonds is 6. The van der Waals surface area contributed by atoms with E-state index in [1.807, 2.05) is 12.1 Å². The van der Waals surface area contributed by atoms with Gasteiger partial charge in [0.05, 0.1) is 16.7 Å². The molecule has 0 aliphatic rings. The number of nitrogens with zero attached hydrogens (tertiary/aromatic N) is 2. The lowest BCUT2D eigenvalue weighted by atomic mass is 9.97. The third-order valence-corrected chi connectivity index (χ3v) is 11.0. The van der Waals surface area contributed by atoms with Gasteiger partial charge in [0.25, 0.3) is 0 Å². The van der Waals surface area contributed by atoms with Crippen molar-refractivity contribution >= 4 is 71.6 Å². The number of aromatic nitrogens is 1. The third kappa shape index (κ3) is 5.13. The van der Waals surface area contributed by atoms with E-state index < -0.39 is 0 Å². The summed E-state index contributed by atoms with van der Waals surface area (Å²) in [7, 11) is 0. The molecule has 0 saturated carbocycles. The molecule has 3 heteroatoms. The van der Waals surface area contributed by atoms with Crippen LogP contribution in [0.2, 0.25) is 0 Å². The van der Waals surface area contributed by atoms with Gasteiger partial charge in [-0.3, -0.25) is 0 Å². The van der Waals surface area contributed by atoms with Crippen LogP contribution in [0.25, 0.3) is 82.5 Å². The molecule has 258 valence electrons. The molecule has 2 aromatic heterocycles. The van der Waals surface area contributed by atoms with Gasteiger partial charge in [-0.1, -0.05) is 133 Å². The summed E-state index contributed by atoms with van der Waals surface area (Å²) in [5.74, 6) is 0. The minimum Gasteiger partial charge on any atom is -0.456 e. The molecule has 0 spiro atoms. The van der Waals surface area contributed by atoms with Crippen LogP contribution in [0, 0.1) is 0 Å². The van der Waals surface area contributed by atoms with Gasteiger partial charge < -0.3 is 13.9 Å². The number of hydrogen-bond donors (Lipinski definition) is 0. The number of para-hydroxylation sites is 4. The summed E-state index contributed by atoms with van der Waals surface area (Å²) in [4.78, 5) is 2.39. The second kappa shape index (κ2) is 12.6. The number of anilines is 3. The first-order valence-corrected chi connectivity index (χ1v) is 18.8. The zero-order chi connectivity index (χ0) is 36.3. The van der Waals surface area contributed by atoms with Crippen molar-refractivity contribution < 1.29 is 4.42 Å². The molecule has 0 unspecified atom stereocenters. The van der Waals surface area contributed by atoms with Crippen molar-refractivity contribution in [2.45, 2.75) is 0 Å². The van der Waals surface area contributed by atoms with Crippen molar-refractivity contribution in [3.8, 4) is 27.9 Å². The van der Waals surface area contributed by atoms with E-state index in [1.54, 1.807) is 0 Å². The van der Waals surface area contributed by atoms with Gasteiger partial charge >= 0.3 is 0 Å². The average Bonchev–Trinajstić information content (AvgIpc) is 3.80. The van der Waals surface area contributed by atoms with Crippen molar-refractivity contribution in [3.05, 3.63) is 206 Å². The summed E-state index contributed by atoms with van der Waals surface area (Å²) in [6, 6.07) is 74.0. The average molecular weight is 703 g/mol. The quantitative estimate of drug-likeness (QED) is 0.172. The summed E-state index contributed by atoms with van der Waals surface area (Å²) in [6.45, 7) is 0. The van der Waals surface area contributed by atoms with E-state index in [0.29, 0.717) is 0 Å². The van der Waals surface area contributed by atoms with Crippen molar-refractivity contribution in [2.75, 3.05) is 4.90 Å². The van der Waals surface area contributed by atoms with Crippen molar-refractivity contribution in [2.24, 2.45) is 0 Å². The molecule has 2 heterocycles. The molecule has 0 bridgehead atoms. The Morgan fingerprint density at radius 2 is 0.964 bits per heavy atom. The lowest BCUT2D eigenvalue weighted by Crippen LogP contribution is -2.11. The van der Waals surface area contributed by atoms with E-state index in [0.717, 1.165) is 55.8 Å². The highest BCUT2D eigenvalue weighted by atomic mass is 16.3. The third-order valence-electron chi connectivity index (χ3n) is 11.0. The van der Waals surface area contributed by atoms with Crippen LogP contribution < -0.4 is 4.90 Å². The van der Waals surface area contributed by atoms with Gasteiger partial charge in [-0.25, -0.2) is 0 Å². The molecule has 9 aromatic carbocycles. The second-order valence-electron chi connectivity index (χ2n) is 14.1. The molecule has 0 fully saturated rings. The first-order valence-electron chi connectivity index (χ1n) is 18.8. The topological polar surface area (TPSA) is 21.3 Å². The van der Waals surface area contributed by atoms with Gasteiger partial charge in [0, 0.05) is 44.2 Å². The maximum atomic E-state index is 6.38. The van der Waals surface area contributed by atoms with Gasteiger partial charge in [0.1, 0.15) is 11.2 Å². The Balaban J connectivity index is 1.10. The molecule has 0 atom stereocenters. The zero-order valence-electron chi connectivity index (χ0n) is 29.9. The maximum absolute atomic E-state index is 6.38. The molecule has 3 nitrogen and oxygen atoms in total. The minimum absolute atomic E-state index is 0.883. The lowest BCUT2D eigenvalue weighted by molar-refractivity contribution is 0.669. The first kappa shape index (κ1) is 31.2. The van der Waals surface area contributed by atoms with Crippen LogP contribution in [0.4, 0.5) is 17.1 Å². The highest BCUT2D eigenvalue weighted by Crippen LogP contribution is 2.44. The molecular weight excluding hydrogens is 669 g/mol. The molecule has 0 saturated heterocycles. The standard InChI is InChI=1S/C52H34N2O/c1-2-17-41-35(13-1)14-12-22-42(41)36-15-11-16-40(33-36)53(38-28-30-39(31-29-38)54-49-24-8-4-19-44(49)45-20-5-9-25-50(45)54)48-23-7-3-18-43(48)37-27-32-47-46-21-6-10-26-51(46)55-52(47)34-37/h1-34H. The molecular formula is C52H34N2O. The Morgan fingerprint density at radius 3 is 1.78 bits per heavy atom. The van der Waals surface area contributed by atoms with E-state index in [-0.39, 0.29) is 0 Å². The molecule has 0 radical (unpaired) electrons. The molecule has 0 amide bonds. The van der Waals surface area contributed by atoms with E-state index in [2.05, 4.69) is 204 Å². The number of furan rings is 1. The van der Waals surface area contributed by atoms with Crippen LogP contribution in [0.3, 0.4) is 0 Å². The fourth-order valence-electron chi connectivity index (χ4n) is 8.47. The Bertz CT molecular complexity index is 3160. The van der Waals surface area contributed by atoms with Crippen molar-refractivity contribution in [1.29, 1.82) is 0 Å².